The van der Waals surface area contributed by atoms with Gasteiger partial charge in [-0.1, -0.05) is 26.8 Å². The summed E-state index contributed by atoms with van der Waals surface area (Å²) in [5.41, 5.74) is 5.66. The van der Waals surface area contributed by atoms with Gasteiger partial charge in [0.25, 0.3) is 0 Å². The monoisotopic (exact) mass is 204 g/mol. The van der Waals surface area contributed by atoms with Gasteiger partial charge in [-0.2, -0.15) is 0 Å². The quantitative estimate of drug-likeness (QED) is 0.637. The Labute approximate surface area is 92.5 Å². The molecule has 0 saturated carbocycles. The molecule has 0 radical (unpaired) electrons. The van der Waals surface area contributed by atoms with Crippen LogP contribution in [0.2, 0.25) is 0 Å². The molecule has 82 valence electrons. The SMILES string of the molecule is Cc1cc(C(C)(C)C)c(C=O)c(C)c1C. The topological polar surface area (TPSA) is 17.1 Å². The predicted molar refractivity (Wildman–Crippen MR) is 64.7 cm³/mol. The first kappa shape index (κ1) is 12.0. The third-order valence-corrected chi connectivity index (χ3v) is 3.13. The fraction of sp³-hybridized carbons (Fsp3) is 0.500. The Kier molecular flexibility index (Phi) is 3.03. The van der Waals surface area contributed by atoms with Crippen LogP contribution >= 0.6 is 0 Å². The normalized spacial score (nSPS) is 11.6. The van der Waals surface area contributed by atoms with Gasteiger partial charge in [-0.05, 0) is 48.4 Å². The van der Waals surface area contributed by atoms with E-state index in [1.165, 1.54) is 11.1 Å². The number of hydrogen-bond acceptors (Lipinski definition) is 1. The van der Waals surface area contributed by atoms with Crippen molar-refractivity contribution in [3.63, 3.8) is 0 Å². The molecule has 1 rings (SSSR count). The molecule has 0 aliphatic rings. The van der Waals surface area contributed by atoms with Crippen molar-refractivity contribution in [2.75, 3.05) is 0 Å². The molecule has 0 heterocycles. The highest BCUT2D eigenvalue weighted by atomic mass is 16.1. The first-order valence-electron chi connectivity index (χ1n) is 5.35. The minimum absolute atomic E-state index is 0.0272. The maximum Gasteiger partial charge on any atom is 0.150 e. The minimum Gasteiger partial charge on any atom is -0.298 e. The number of aldehydes is 1. The van der Waals surface area contributed by atoms with Gasteiger partial charge in [-0.3, -0.25) is 4.79 Å². The molecule has 0 N–H and O–H groups in total. The van der Waals surface area contributed by atoms with Crippen LogP contribution in [0.1, 0.15) is 53.4 Å². The molecule has 0 atom stereocenters. The van der Waals surface area contributed by atoms with Gasteiger partial charge in [0.15, 0.2) is 6.29 Å². The summed E-state index contributed by atoms with van der Waals surface area (Å²) in [5, 5.41) is 0. The van der Waals surface area contributed by atoms with Crippen molar-refractivity contribution in [3.8, 4) is 0 Å². The lowest BCUT2D eigenvalue weighted by molar-refractivity contribution is 0.112. The smallest absolute Gasteiger partial charge is 0.150 e. The number of carbonyl (C=O) groups is 1. The van der Waals surface area contributed by atoms with Crippen LogP contribution in [0.25, 0.3) is 0 Å². The van der Waals surface area contributed by atoms with E-state index in [0.717, 1.165) is 23.0 Å². The van der Waals surface area contributed by atoms with Crippen molar-refractivity contribution in [2.24, 2.45) is 0 Å². The predicted octanol–water partition coefficient (Wildman–Crippen LogP) is 3.72. The standard InChI is InChI=1S/C14H20O/c1-9-7-13(14(4,5)6)12(8-15)11(3)10(9)2/h7-8H,1-6H3. The third-order valence-electron chi connectivity index (χ3n) is 3.13. The molecule has 1 aromatic rings. The molecule has 0 aliphatic carbocycles. The summed E-state index contributed by atoms with van der Waals surface area (Å²) in [7, 11) is 0. The van der Waals surface area contributed by atoms with Crippen LogP contribution < -0.4 is 0 Å². The lowest BCUT2D eigenvalue weighted by Gasteiger charge is -2.24. The van der Waals surface area contributed by atoms with Gasteiger partial charge in [0.1, 0.15) is 0 Å². The van der Waals surface area contributed by atoms with Crippen molar-refractivity contribution >= 4 is 6.29 Å². The van der Waals surface area contributed by atoms with Gasteiger partial charge in [0.2, 0.25) is 0 Å². The Balaban J connectivity index is 3.60. The Morgan fingerprint density at radius 2 is 1.60 bits per heavy atom. The number of benzene rings is 1. The van der Waals surface area contributed by atoms with E-state index in [4.69, 9.17) is 0 Å². The third kappa shape index (κ3) is 2.11. The summed E-state index contributed by atoms with van der Waals surface area (Å²) in [6.45, 7) is 12.6. The molecule has 0 spiro atoms. The Hall–Kier alpha value is -1.11. The second kappa shape index (κ2) is 3.80. The van der Waals surface area contributed by atoms with Gasteiger partial charge in [0.05, 0.1) is 0 Å². The van der Waals surface area contributed by atoms with E-state index in [2.05, 4.69) is 40.7 Å². The Bertz CT molecular complexity index is 395. The highest BCUT2D eigenvalue weighted by molar-refractivity contribution is 5.81. The van der Waals surface area contributed by atoms with E-state index in [9.17, 15) is 4.79 Å². The summed E-state index contributed by atoms with van der Waals surface area (Å²) in [4.78, 5) is 11.2. The highest BCUT2D eigenvalue weighted by Gasteiger charge is 2.20. The number of rotatable bonds is 1. The van der Waals surface area contributed by atoms with Crippen LogP contribution in [0.3, 0.4) is 0 Å². The van der Waals surface area contributed by atoms with Gasteiger partial charge in [-0.15, -0.1) is 0 Å². The lowest BCUT2D eigenvalue weighted by atomic mass is 9.80. The number of aryl methyl sites for hydroxylation is 1. The Morgan fingerprint density at radius 1 is 1.07 bits per heavy atom. The maximum atomic E-state index is 11.2. The zero-order chi connectivity index (χ0) is 11.8. The van der Waals surface area contributed by atoms with E-state index in [0.29, 0.717) is 0 Å². The van der Waals surface area contributed by atoms with E-state index >= 15 is 0 Å². The summed E-state index contributed by atoms with van der Waals surface area (Å²) in [6, 6.07) is 2.14. The fourth-order valence-corrected chi connectivity index (χ4v) is 1.87. The lowest BCUT2D eigenvalue weighted by Crippen LogP contribution is -2.16. The number of carbonyl (C=O) groups excluding carboxylic acids is 1. The van der Waals surface area contributed by atoms with Gasteiger partial charge in [-0.25, -0.2) is 0 Å². The van der Waals surface area contributed by atoms with Crippen molar-refractivity contribution in [2.45, 2.75) is 47.0 Å². The molecule has 1 aromatic carbocycles. The summed E-state index contributed by atoms with van der Waals surface area (Å²) in [5.74, 6) is 0. The number of hydrogen-bond donors (Lipinski definition) is 0. The largest absolute Gasteiger partial charge is 0.298 e. The summed E-state index contributed by atoms with van der Waals surface area (Å²) < 4.78 is 0. The second-order valence-electron chi connectivity index (χ2n) is 5.27. The van der Waals surface area contributed by atoms with Crippen molar-refractivity contribution in [1.29, 1.82) is 0 Å². The molecule has 0 saturated heterocycles. The van der Waals surface area contributed by atoms with Crippen LogP contribution in [-0.4, -0.2) is 6.29 Å². The van der Waals surface area contributed by atoms with E-state index in [1.54, 1.807) is 0 Å². The molecule has 0 aromatic heterocycles. The summed E-state index contributed by atoms with van der Waals surface area (Å²) in [6.07, 6.45) is 0.988. The van der Waals surface area contributed by atoms with Crippen molar-refractivity contribution in [3.05, 3.63) is 33.9 Å². The molecule has 0 bridgehead atoms. The fourth-order valence-electron chi connectivity index (χ4n) is 1.87. The van der Waals surface area contributed by atoms with Crippen LogP contribution in [0, 0.1) is 20.8 Å². The maximum absolute atomic E-state index is 11.2. The molecular weight excluding hydrogens is 184 g/mol. The van der Waals surface area contributed by atoms with Crippen LogP contribution in [0.15, 0.2) is 6.07 Å². The Morgan fingerprint density at radius 3 is 2.00 bits per heavy atom. The van der Waals surface area contributed by atoms with Gasteiger partial charge in [0, 0.05) is 5.56 Å². The zero-order valence-corrected chi connectivity index (χ0v) is 10.6. The zero-order valence-electron chi connectivity index (χ0n) is 10.6. The van der Waals surface area contributed by atoms with Crippen LogP contribution in [0.5, 0.6) is 0 Å². The molecule has 1 heteroatoms. The van der Waals surface area contributed by atoms with E-state index in [-0.39, 0.29) is 5.41 Å². The average molecular weight is 204 g/mol. The minimum atomic E-state index is 0.0272. The molecule has 0 aliphatic heterocycles. The van der Waals surface area contributed by atoms with E-state index in [1.807, 2.05) is 6.92 Å². The molecule has 0 unspecified atom stereocenters. The first-order valence-corrected chi connectivity index (χ1v) is 5.35. The van der Waals surface area contributed by atoms with Gasteiger partial charge >= 0.3 is 0 Å². The van der Waals surface area contributed by atoms with Crippen LogP contribution in [-0.2, 0) is 5.41 Å². The van der Waals surface area contributed by atoms with Crippen molar-refractivity contribution in [1.82, 2.24) is 0 Å². The van der Waals surface area contributed by atoms with Crippen LogP contribution in [0.4, 0.5) is 0 Å². The summed E-state index contributed by atoms with van der Waals surface area (Å²) >= 11 is 0. The molecule has 0 amide bonds. The van der Waals surface area contributed by atoms with Crippen molar-refractivity contribution < 1.29 is 4.79 Å². The molecule has 1 nitrogen and oxygen atoms in total. The van der Waals surface area contributed by atoms with Gasteiger partial charge < -0.3 is 0 Å². The van der Waals surface area contributed by atoms with E-state index < -0.39 is 0 Å². The average Bonchev–Trinajstić information content (AvgIpc) is 2.12. The molecule has 0 fully saturated rings. The highest BCUT2D eigenvalue weighted by Crippen LogP contribution is 2.30. The molecule has 15 heavy (non-hydrogen) atoms. The first-order chi connectivity index (χ1) is 6.79. The molecular formula is C14H20O. The second-order valence-corrected chi connectivity index (χ2v) is 5.27.